The molecule has 0 radical (unpaired) electrons. The van der Waals surface area contributed by atoms with Gasteiger partial charge in [0.2, 0.25) is 5.91 Å². The summed E-state index contributed by atoms with van der Waals surface area (Å²) in [5, 5.41) is 12.2. The second-order valence-corrected chi connectivity index (χ2v) is 7.50. The zero-order valence-corrected chi connectivity index (χ0v) is 15.9. The smallest absolute Gasteiger partial charge is 0.230 e. The molecule has 3 aromatic rings. The molecule has 1 aliphatic heterocycles. The number of aromatic nitrogens is 4. The summed E-state index contributed by atoms with van der Waals surface area (Å²) in [6, 6.07) is 9.98. The monoisotopic (exact) mass is 367 g/mol. The molecule has 2 aromatic heterocycles. The van der Waals surface area contributed by atoms with Crippen molar-refractivity contribution in [3.8, 4) is 5.69 Å². The van der Waals surface area contributed by atoms with Crippen LogP contribution < -0.4 is 5.32 Å². The van der Waals surface area contributed by atoms with Gasteiger partial charge >= 0.3 is 0 Å². The van der Waals surface area contributed by atoms with E-state index < -0.39 is 0 Å². The van der Waals surface area contributed by atoms with Crippen molar-refractivity contribution in [1.82, 2.24) is 19.6 Å². The summed E-state index contributed by atoms with van der Waals surface area (Å²) in [4.78, 5) is 12.7. The lowest BCUT2D eigenvalue weighted by Gasteiger charge is -2.08. The van der Waals surface area contributed by atoms with Crippen LogP contribution in [0.25, 0.3) is 5.69 Å². The highest BCUT2D eigenvalue weighted by Gasteiger charge is 2.23. The van der Waals surface area contributed by atoms with E-state index in [-0.39, 0.29) is 5.91 Å². The van der Waals surface area contributed by atoms with Crippen LogP contribution in [0.3, 0.4) is 0 Å². The molecule has 26 heavy (non-hydrogen) atoms. The van der Waals surface area contributed by atoms with Gasteiger partial charge in [0.15, 0.2) is 0 Å². The van der Waals surface area contributed by atoms with Gasteiger partial charge in [0.25, 0.3) is 0 Å². The van der Waals surface area contributed by atoms with Crippen LogP contribution in [0, 0.1) is 13.8 Å². The first-order valence-electron chi connectivity index (χ1n) is 8.57. The van der Waals surface area contributed by atoms with E-state index in [1.807, 2.05) is 67.7 Å². The molecule has 6 nitrogen and oxygen atoms in total. The fourth-order valence-electron chi connectivity index (χ4n) is 3.39. The first-order chi connectivity index (χ1) is 12.5. The maximum atomic E-state index is 12.7. The molecule has 4 rings (SSSR count). The van der Waals surface area contributed by atoms with E-state index in [1.165, 1.54) is 0 Å². The van der Waals surface area contributed by atoms with Crippen molar-refractivity contribution in [3.05, 3.63) is 58.5 Å². The highest BCUT2D eigenvalue weighted by Crippen LogP contribution is 2.34. The number of carbonyl (C=O) groups excluding carboxylic acids is 1. The van der Waals surface area contributed by atoms with Gasteiger partial charge in [0.1, 0.15) is 5.82 Å². The minimum Gasteiger partial charge on any atom is -0.310 e. The summed E-state index contributed by atoms with van der Waals surface area (Å²) in [6.45, 7) is 3.96. The van der Waals surface area contributed by atoms with Gasteiger partial charge in [-0.15, -0.1) is 0 Å². The normalized spacial score (nSPS) is 13.0. The number of rotatable bonds is 4. The topological polar surface area (TPSA) is 64.7 Å². The molecule has 1 aromatic carbocycles. The molecule has 0 fully saturated rings. The highest BCUT2D eigenvalue weighted by molar-refractivity contribution is 7.98. The van der Waals surface area contributed by atoms with E-state index in [0.29, 0.717) is 6.42 Å². The number of nitrogens with one attached hydrogen (secondary N) is 1. The number of aryl methyl sites for hydroxylation is 2. The number of hydrogen-bond acceptors (Lipinski definition) is 4. The number of amides is 1. The third-order valence-corrected chi connectivity index (χ3v) is 5.72. The van der Waals surface area contributed by atoms with Gasteiger partial charge in [0.05, 0.1) is 23.5 Å². The molecule has 1 amide bonds. The van der Waals surface area contributed by atoms with Crippen LogP contribution in [0.1, 0.15) is 28.2 Å². The second-order valence-electron chi connectivity index (χ2n) is 6.51. The Hall–Kier alpha value is -2.54. The minimum atomic E-state index is -0.0356. The molecule has 0 saturated heterocycles. The Kier molecular flexibility index (Phi) is 4.32. The van der Waals surface area contributed by atoms with Crippen molar-refractivity contribution < 1.29 is 4.79 Å². The Morgan fingerprint density at radius 1 is 1.19 bits per heavy atom. The number of nitrogens with zero attached hydrogens (tertiary/aromatic N) is 4. The molecular weight excluding hydrogens is 346 g/mol. The quantitative estimate of drug-likeness (QED) is 0.769. The standard InChI is InChI=1S/C19H21N5OS/c1-12-15(13(2)24(21-12)14-7-5-4-6-8-14)9-18(25)20-19-16-10-26-11-17(16)22-23(19)3/h4-8H,9-11H2,1-3H3,(H,20,25). The maximum absolute atomic E-state index is 12.7. The maximum Gasteiger partial charge on any atom is 0.230 e. The Balaban J connectivity index is 1.56. The van der Waals surface area contributed by atoms with E-state index in [4.69, 9.17) is 0 Å². The van der Waals surface area contributed by atoms with Crippen molar-refractivity contribution >= 4 is 23.5 Å². The van der Waals surface area contributed by atoms with Gasteiger partial charge in [0, 0.05) is 35.4 Å². The van der Waals surface area contributed by atoms with Gasteiger partial charge < -0.3 is 5.32 Å². The predicted octanol–water partition coefficient (Wildman–Crippen LogP) is 3.15. The number of carbonyl (C=O) groups is 1. The van der Waals surface area contributed by atoms with E-state index in [2.05, 4.69) is 15.5 Å². The lowest BCUT2D eigenvalue weighted by molar-refractivity contribution is -0.115. The second kappa shape index (κ2) is 6.64. The molecule has 0 saturated carbocycles. The van der Waals surface area contributed by atoms with Crippen LogP contribution in [0.15, 0.2) is 30.3 Å². The predicted molar refractivity (Wildman–Crippen MR) is 104 cm³/mol. The number of para-hydroxylation sites is 1. The summed E-state index contributed by atoms with van der Waals surface area (Å²) < 4.78 is 3.67. The number of benzene rings is 1. The van der Waals surface area contributed by atoms with E-state index >= 15 is 0 Å². The fourth-order valence-corrected chi connectivity index (χ4v) is 4.42. The lowest BCUT2D eigenvalue weighted by Crippen LogP contribution is -2.18. The SMILES string of the molecule is Cc1nn(-c2ccccc2)c(C)c1CC(=O)Nc1c2c(nn1C)CSC2. The third kappa shape index (κ3) is 2.92. The summed E-state index contributed by atoms with van der Waals surface area (Å²) in [7, 11) is 1.88. The Morgan fingerprint density at radius 3 is 2.73 bits per heavy atom. The van der Waals surface area contributed by atoms with Crippen LogP contribution in [0.5, 0.6) is 0 Å². The lowest BCUT2D eigenvalue weighted by atomic mass is 10.1. The van der Waals surface area contributed by atoms with Crippen LogP contribution >= 0.6 is 11.8 Å². The number of anilines is 1. The number of fused-ring (bicyclic) bond motifs is 1. The first-order valence-corrected chi connectivity index (χ1v) is 9.73. The molecule has 0 atom stereocenters. The average molecular weight is 367 g/mol. The Morgan fingerprint density at radius 2 is 1.96 bits per heavy atom. The average Bonchev–Trinajstić information content (AvgIpc) is 3.27. The molecule has 0 spiro atoms. The fraction of sp³-hybridized carbons (Fsp3) is 0.316. The van der Waals surface area contributed by atoms with E-state index in [0.717, 1.165) is 51.2 Å². The van der Waals surface area contributed by atoms with Crippen molar-refractivity contribution in [2.45, 2.75) is 31.8 Å². The Bertz CT molecular complexity index is 974. The van der Waals surface area contributed by atoms with Gasteiger partial charge in [-0.2, -0.15) is 22.0 Å². The van der Waals surface area contributed by atoms with Crippen molar-refractivity contribution in [2.24, 2.45) is 7.05 Å². The van der Waals surface area contributed by atoms with Gasteiger partial charge in [-0.05, 0) is 26.0 Å². The molecule has 1 N–H and O–H groups in total. The zero-order chi connectivity index (χ0) is 18.3. The van der Waals surface area contributed by atoms with Crippen LogP contribution in [0.2, 0.25) is 0 Å². The summed E-state index contributed by atoms with van der Waals surface area (Å²) in [5.74, 6) is 2.61. The van der Waals surface area contributed by atoms with Gasteiger partial charge in [-0.1, -0.05) is 18.2 Å². The molecule has 3 heterocycles. The first kappa shape index (κ1) is 16.9. The van der Waals surface area contributed by atoms with Gasteiger partial charge in [-0.25, -0.2) is 4.68 Å². The largest absolute Gasteiger partial charge is 0.310 e. The molecule has 0 bridgehead atoms. The summed E-state index contributed by atoms with van der Waals surface area (Å²) >= 11 is 1.83. The Labute approximate surface area is 156 Å². The zero-order valence-electron chi connectivity index (χ0n) is 15.1. The van der Waals surface area contributed by atoms with Crippen molar-refractivity contribution in [3.63, 3.8) is 0 Å². The molecule has 0 unspecified atom stereocenters. The molecule has 134 valence electrons. The highest BCUT2D eigenvalue weighted by atomic mass is 32.2. The molecule has 7 heteroatoms. The third-order valence-electron chi connectivity index (χ3n) is 4.75. The van der Waals surface area contributed by atoms with Crippen LogP contribution in [-0.2, 0) is 29.8 Å². The summed E-state index contributed by atoms with van der Waals surface area (Å²) in [5.41, 5.74) is 6.08. The minimum absolute atomic E-state index is 0.0356. The molecule has 1 aliphatic rings. The van der Waals surface area contributed by atoms with Crippen molar-refractivity contribution in [1.29, 1.82) is 0 Å². The van der Waals surface area contributed by atoms with E-state index in [9.17, 15) is 4.79 Å². The number of thioether (sulfide) groups is 1. The van der Waals surface area contributed by atoms with Crippen LogP contribution in [-0.4, -0.2) is 25.5 Å². The summed E-state index contributed by atoms with van der Waals surface area (Å²) in [6.07, 6.45) is 0.303. The van der Waals surface area contributed by atoms with Gasteiger partial charge in [-0.3, -0.25) is 9.48 Å². The van der Waals surface area contributed by atoms with Crippen LogP contribution in [0.4, 0.5) is 5.82 Å². The van der Waals surface area contributed by atoms with E-state index in [1.54, 1.807) is 4.68 Å². The van der Waals surface area contributed by atoms with Crippen molar-refractivity contribution in [2.75, 3.05) is 5.32 Å². The molecule has 0 aliphatic carbocycles. The molecular formula is C19H21N5OS. The number of hydrogen-bond donors (Lipinski definition) is 1.